The highest BCUT2D eigenvalue weighted by Gasteiger charge is 1.96. The molecule has 2 heteroatoms. The molecular weight excluding hydrogens is 172 g/mol. The molecule has 2 rings (SSSR count). The van der Waals surface area contributed by atoms with E-state index in [-0.39, 0.29) is 0 Å². The molecule has 0 bridgehead atoms. The number of anilines is 1. The van der Waals surface area contributed by atoms with Gasteiger partial charge in [-0.2, -0.15) is 0 Å². The molecule has 1 aromatic carbocycles. The van der Waals surface area contributed by atoms with E-state index >= 15 is 0 Å². The van der Waals surface area contributed by atoms with Crippen molar-refractivity contribution in [2.75, 3.05) is 5.73 Å². The highest BCUT2D eigenvalue weighted by Crippen LogP contribution is 2.19. The number of aryl methyl sites for hydroxylation is 1. The summed E-state index contributed by atoms with van der Waals surface area (Å²) in [5.41, 5.74) is 7.64. The third-order valence-corrected chi connectivity index (χ3v) is 1.98. The number of fused-ring (bicyclic) bond motifs is 1. The van der Waals surface area contributed by atoms with Crippen LogP contribution in [-0.4, -0.2) is 4.98 Å². The van der Waals surface area contributed by atoms with Gasteiger partial charge in [0.15, 0.2) is 0 Å². The SMILES string of the molecule is CC.Cc1cncc2ccc(N)cc12. The first-order valence-corrected chi connectivity index (χ1v) is 4.87. The van der Waals surface area contributed by atoms with E-state index in [1.165, 1.54) is 10.9 Å². The fourth-order valence-electron chi connectivity index (χ4n) is 1.33. The molecule has 2 aromatic rings. The van der Waals surface area contributed by atoms with Crippen LogP contribution >= 0.6 is 0 Å². The molecule has 2 N–H and O–H groups in total. The second kappa shape index (κ2) is 4.61. The molecule has 0 unspecified atom stereocenters. The first-order valence-electron chi connectivity index (χ1n) is 4.87. The Bertz CT molecular complexity index is 422. The van der Waals surface area contributed by atoms with Crippen LogP contribution in [-0.2, 0) is 0 Å². The smallest absolute Gasteiger partial charge is 0.0346 e. The quantitative estimate of drug-likeness (QED) is 0.645. The van der Waals surface area contributed by atoms with E-state index < -0.39 is 0 Å². The van der Waals surface area contributed by atoms with Crippen molar-refractivity contribution in [3.8, 4) is 0 Å². The van der Waals surface area contributed by atoms with Gasteiger partial charge in [-0.25, -0.2) is 0 Å². The fraction of sp³-hybridized carbons (Fsp3) is 0.250. The lowest BCUT2D eigenvalue weighted by molar-refractivity contribution is 1.31. The minimum Gasteiger partial charge on any atom is -0.399 e. The lowest BCUT2D eigenvalue weighted by Gasteiger charge is -2.01. The largest absolute Gasteiger partial charge is 0.399 e. The van der Waals surface area contributed by atoms with Crippen LogP contribution in [0, 0.1) is 6.92 Å². The highest BCUT2D eigenvalue weighted by atomic mass is 14.6. The van der Waals surface area contributed by atoms with Gasteiger partial charge in [0.05, 0.1) is 0 Å². The van der Waals surface area contributed by atoms with Crippen LogP contribution in [0.4, 0.5) is 5.69 Å². The Kier molecular flexibility index (Phi) is 3.46. The zero-order valence-electron chi connectivity index (χ0n) is 8.91. The van der Waals surface area contributed by atoms with Crippen LogP contribution in [0.25, 0.3) is 10.8 Å². The summed E-state index contributed by atoms with van der Waals surface area (Å²) in [6.45, 7) is 6.04. The van der Waals surface area contributed by atoms with Gasteiger partial charge in [-0.15, -0.1) is 0 Å². The maximum atomic E-state index is 5.67. The van der Waals surface area contributed by atoms with Crippen LogP contribution in [0.2, 0.25) is 0 Å². The van der Waals surface area contributed by atoms with Crippen molar-refractivity contribution in [3.05, 3.63) is 36.2 Å². The molecule has 74 valence electrons. The van der Waals surface area contributed by atoms with Gasteiger partial charge in [0.25, 0.3) is 0 Å². The van der Waals surface area contributed by atoms with Crippen molar-refractivity contribution >= 4 is 16.5 Å². The summed E-state index contributed by atoms with van der Waals surface area (Å²) >= 11 is 0. The molecule has 0 aliphatic carbocycles. The number of hydrogen-bond donors (Lipinski definition) is 1. The highest BCUT2D eigenvalue weighted by molar-refractivity contribution is 5.87. The van der Waals surface area contributed by atoms with Gasteiger partial charge < -0.3 is 5.73 Å². The van der Waals surface area contributed by atoms with Crippen LogP contribution in [0.5, 0.6) is 0 Å². The Labute approximate surface area is 84.8 Å². The van der Waals surface area contributed by atoms with Gasteiger partial charge in [-0.1, -0.05) is 19.9 Å². The number of benzene rings is 1. The van der Waals surface area contributed by atoms with Crippen LogP contribution in [0.3, 0.4) is 0 Å². The summed E-state index contributed by atoms with van der Waals surface area (Å²) in [6, 6.07) is 5.86. The second-order valence-electron chi connectivity index (χ2n) is 2.94. The molecule has 0 aliphatic rings. The molecule has 1 aromatic heterocycles. The number of nitrogens with two attached hydrogens (primary N) is 1. The number of rotatable bonds is 0. The first kappa shape index (κ1) is 10.5. The van der Waals surface area contributed by atoms with Gasteiger partial charge in [-0.05, 0) is 30.0 Å². The van der Waals surface area contributed by atoms with E-state index in [2.05, 4.69) is 4.98 Å². The van der Waals surface area contributed by atoms with E-state index in [4.69, 9.17) is 5.73 Å². The van der Waals surface area contributed by atoms with Gasteiger partial charge in [0, 0.05) is 23.5 Å². The molecule has 0 saturated carbocycles. The van der Waals surface area contributed by atoms with Crippen molar-refractivity contribution in [1.82, 2.24) is 4.98 Å². The molecule has 0 atom stereocenters. The molecular formula is C12H16N2. The van der Waals surface area contributed by atoms with Gasteiger partial charge in [0.1, 0.15) is 0 Å². The zero-order chi connectivity index (χ0) is 10.6. The van der Waals surface area contributed by atoms with E-state index in [0.717, 1.165) is 11.1 Å². The minimum atomic E-state index is 0.803. The zero-order valence-corrected chi connectivity index (χ0v) is 8.91. The van der Waals surface area contributed by atoms with Crippen molar-refractivity contribution in [2.45, 2.75) is 20.8 Å². The molecule has 0 aliphatic heterocycles. The monoisotopic (exact) mass is 188 g/mol. The Morgan fingerprint density at radius 3 is 2.57 bits per heavy atom. The van der Waals surface area contributed by atoms with Crippen LogP contribution in [0.1, 0.15) is 19.4 Å². The third kappa shape index (κ3) is 2.02. The molecule has 0 saturated heterocycles. The Morgan fingerprint density at radius 1 is 1.14 bits per heavy atom. The topological polar surface area (TPSA) is 38.9 Å². The van der Waals surface area contributed by atoms with Crippen molar-refractivity contribution in [1.29, 1.82) is 0 Å². The predicted octanol–water partition coefficient (Wildman–Crippen LogP) is 3.15. The molecule has 0 spiro atoms. The molecule has 0 radical (unpaired) electrons. The maximum absolute atomic E-state index is 5.67. The third-order valence-electron chi connectivity index (χ3n) is 1.98. The predicted molar refractivity (Wildman–Crippen MR) is 62.2 cm³/mol. The number of nitrogens with zero attached hydrogens (tertiary/aromatic N) is 1. The van der Waals surface area contributed by atoms with Crippen molar-refractivity contribution in [2.24, 2.45) is 0 Å². The molecule has 1 heterocycles. The summed E-state index contributed by atoms with van der Waals surface area (Å²) in [7, 11) is 0. The normalized spacial score (nSPS) is 9.36. The Balaban J connectivity index is 0.000000461. The van der Waals surface area contributed by atoms with Crippen LogP contribution in [0.15, 0.2) is 30.6 Å². The summed E-state index contributed by atoms with van der Waals surface area (Å²) in [5, 5.41) is 2.33. The van der Waals surface area contributed by atoms with E-state index in [9.17, 15) is 0 Å². The van der Waals surface area contributed by atoms with Crippen molar-refractivity contribution in [3.63, 3.8) is 0 Å². The standard InChI is InChI=1S/C10H10N2.C2H6/c1-7-5-12-6-8-2-3-9(11)4-10(7)8;1-2/h2-6H,11H2,1H3;1-2H3. The first-order chi connectivity index (χ1) is 6.77. The van der Waals surface area contributed by atoms with Gasteiger partial charge in [-0.3, -0.25) is 4.98 Å². The number of pyridine rings is 1. The second-order valence-corrected chi connectivity index (χ2v) is 2.94. The Hall–Kier alpha value is -1.57. The number of nitrogen functional groups attached to an aromatic ring is 1. The molecule has 14 heavy (non-hydrogen) atoms. The fourth-order valence-corrected chi connectivity index (χ4v) is 1.33. The maximum Gasteiger partial charge on any atom is 0.0346 e. The lowest BCUT2D eigenvalue weighted by Crippen LogP contribution is -1.86. The molecule has 0 amide bonds. The number of aromatic nitrogens is 1. The van der Waals surface area contributed by atoms with Crippen molar-refractivity contribution < 1.29 is 0 Å². The molecule has 2 nitrogen and oxygen atoms in total. The van der Waals surface area contributed by atoms with Crippen LogP contribution < -0.4 is 5.73 Å². The van der Waals surface area contributed by atoms with Gasteiger partial charge in [0.2, 0.25) is 0 Å². The average molecular weight is 188 g/mol. The van der Waals surface area contributed by atoms with Gasteiger partial charge >= 0.3 is 0 Å². The minimum absolute atomic E-state index is 0.803. The van der Waals surface area contributed by atoms with E-state index in [1.54, 1.807) is 0 Å². The average Bonchev–Trinajstić information content (AvgIpc) is 2.22. The summed E-state index contributed by atoms with van der Waals surface area (Å²) in [6.07, 6.45) is 3.70. The van der Waals surface area contributed by atoms with E-state index in [0.29, 0.717) is 0 Å². The van der Waals surface area contributed by atoms with E-state index in [1.807, 2.05) is 51.4 Å². The molecule has 0 fully saturated rings. The lowest BCUT2D eigenvalue weighted by atomic mass is 10.1. The summed E-state index contributed by atoms with van der Waals surface area (Å²) in [4.78, 5) is 4.10. The summed E-state index contributed by atoms with van der Waals surface area (Å²) in [5.74, 6) is 0. The summed E-state index contributed by atoms with van der Waals surface area (Å²) < 4.78 is 0. The number of hydrogen-bond acceptors (Lipinski definition) is 2. The Morgan fingerprint density at radius 2 is 1.86 bits per heavy atom.